The summed E-state index contributed by atoms with van der Waals surface area (Å²) < 4.78 is 0. The summed E-state index contributed by atoms with van der Waals surface area (Å²) in [7, 11) is 0. The van der Waals surface area contributed by atoms with E-state index in [1.807, 2.05) is 6.07 Å². The molecule has 1 heterocycles. The molecule has 6 atom stereocenters. The third-order valence-electron chi connectivity index (χ3n) is 9.68. The molecule has 336 valence electrons. The number of aromatic hydroxyl groups is 1. The van der Waals surface area contributed by atoms with Gasteiger partial charge in [0.25, 0.3) is 0 Å². The van der Waals surface area contributed by atoms with Gasteiger partial charge in [0.15, 0.2) is 0 Å². The van der Waals surface area contributed by atoms with Crippen LogP contribution in [0, 0.1) is 0 Å². The Morgan fingerprint density at radius 2 is 1.06 bits per heavy atom. The number of hydrogen-bond acceptors (Lipinski definition) is 12. The van der Waals surface area contributed by atoms with Crippen molar-refractivity contribution >= 4 is 58.2 Å². The maximum atomic E-state index is 14.1. The smallest absolute Gasteiger partial charge is 0.245 e. The molecular weight excluding hydrogens is 821 g/mol. The standard InChI is InChI=1S/C42H52N10O11/c1-23(47-36(57)18-43)37(58)51-33(21-53)41(62)49-30(15-24-7-3-2-4-8-24)39(60)48-31(16-25-11-13-27(55)14-12-25)40(61)52-34(22-54)42(63)50-32(38(59)46-20-35(44)56)17-26-19-45-29-10-6-5-9-28(26)29/h2-14,19,23,30-34,45,53-55H,15-18,20-22,43H2,1H3,(H2,44,56)(H,46,59)(H,47,57)(H,48,60)(H,49,62)(H,50,63)(H,51,58)(H,52,61)/t23-,30-,31-,32-,33-,34-/m0/s1. The van der Waals surface area contributed by atoms with E-state index in [1.165, 1.54) is 31.2 Å². The van der Waals surface area contributed by atoms with E-state index < -0.39 is 110 Å². The number of carbonyl (C=O) groups is 8. The fraction of sp³-hybridized carbons (Fsp3) is 0.333. The second-order valence-corrected chi connectivity index (χ2v) is 14.5. The number of nitrogens with two attached hydrogens (primary N) is 2. The Bertz CT molecular complexity index is 2240. The number of nitrogens with one attached hydrogen (secondary N) is 8. The molecule has 0 fully saturated rings. The number of aliphatic hydroxyl groups excluding tert-OH is 2. The van der Waals surface area contributed by atoms with E-state index in [2.05, 4.69) is 42.2 Å². The van der Waals surface area contributed by atoms with Crippen molar-refractivity contribution in [3.8, 4) is 5.75 Å². The van der Waals surface area contributed by atoms with Crippen molar-refractivity contribution < 1.29 is 53.7 Å². The van der Waals surface area contributed by atoms with E-state index in [1.54, 1.807) is 54.7 Å². The van der Waals surface area contributed by atoms with Gasteiger partial charge in [-0.15, -0.1) is 0 Å². The van der Waals surface area contributed by atoms with Crippen LogP contribution in [0.3, 0.4) is 0 Å². The normalized spacial score (nSPS) is 13.8. The van der Waals surface area contributed by atoms with Crippen molar-refractivity contribution in [1.29, 1.82) is 0 Å². The van der Waals surface area contributed by atoms with E-state index in [-0.39, 0.29) is 25.0 Å². The molecule has 0 radical (unpaired) electrons. The summed E-state index contributed by atoms with van der Waals surface area (Å²) in [6, 6.07) is 12.6. The number of carbonyl (C=O) groups excluding carboxylic acids is 8. The Hall–Kier alpha value is -7.36. The Kier molecular flexibility index (Phi) is 18.1. The minimum absolute atomic E-state index is 0.0782. The predicted molar refractivity (Wildman–Crippen MR) is 227 cm³/mol. The average molecular weight is 873 g/mol. The minimum Gasteiger partial charge on any atom is -0.508 e. The fourth-order valence-electron chi connectivity index (χ4n) is 6.30. The molecule has 0 unspecified atom stereocenters. The molecule has 0 aliphatic carbocycles. The molecule has 15 N–H and O–H groups in total. The number of aromatic amines is 1. The lowest BCUT2D eigenvalue weighted by Crippen LogP contribution is -2.61. The van der Waals surface area contributed by atoms with E-state index in [4.69, 9.17) is 11.5 Å². The van der Waals surface area contributed by atoms with Crippen LogP contribution < -0.4 is 48.7 Å². The maximum Gasteiger partial charge on any atom is 0.245 e. The zero-order valence-corrected chi connectivity index (χ0v) is 34.3. The average Bonchev–Trinajstić information content (AvgIpc) is 3.68. The number of aromatic nitrogens is 1. The van der Waals surface area contributed by atoms with Crippen molar-refractivity contribution in [2.24, 2.45) is 11.5 Å². The highest BCUT2D eigenvalue weighted by atomic mass is 16.3. The SMILES string of the molecule is C[C@H](NC(=O)CN)C(=O)N[C@@H](CO)C(=O)N[C@@H](Cc1ccccc1)C(=O)N[C@@H](Cc1ccc(O)cc1)C(=O)N[C@@H](CO)C(=O)N[C@@H](Cc1c[nH]c2ccccc12)C(=O)NCC(N)=O. The number of hydrogen-bond donors (Lipinski definition) is 13. The molecule has 8 amide bonds. The van der Waals surface area contributed by atoms with Gasteiger partial charge in [-0.05, 0) is 41.8 Å². The molecule has 21 nitrogen and oxygen atoms in total. The molecule has 0 saturated carbocycles. The molecule has 21 heteroatoms. The Morgan fingerprint density at radius 3 is 1.60 bits per heavy atom. The van der Waals surface area contributed by atoms with Gasteiger partial charge in [-0.2, -0.15) is 0 Å². The van der Waals surface area contributed by atoms with Gasteiger partial charge in [0.05, 0.1) is 26.3 Å². The molecule has 0 spiro atoms. The first-order valence-corrected chi connectivity index (χ1v) is 19.8. The second-order valence-electron chi connectivity index (χ2n) is 14.5. The van der Waals surface area contributed by atoms with Crippen LogP contribution in [0.1, 0.15) is 23.6 Å². The molecule has 0 bridgehead atoms. The summed E-state index contributed by atoms with van der Waals surface area (Å²) in [5.74, 6) is -7.06. The monoisotopic (exact) mass is 872 g/mol. The van der Waals surface area contributed by atoms with Gasteiger partial charge in [0, 0.05) is 36.4 Å². The van der Waals surface area contributed by atoms with Crippen LogP contribution in [0.4, 0.5) is 0 Å². The zero-order chi connectivity index (χ0) is 46.1. The van der Waals surface area contributed by atoms with E-state index in [0.717, 1.165) is 10.9 Å². The summed E-state index contributed by atoms with van der Waals surface area (Å²) in [5.41, 5.74) is 12.9. The first-order valence-electron chi connectivity index (χ1n) is 19.8. The van der Waals surface area contributed by atoms with E-state index in [0.29, 0.717) is 16.7 Å². The van der Waals surface area contributed by atoms with Crippen LogP contribution in [-0.4, -0.2) is 130 Å². The highest BCUT2D eigenvalue weighted by Crippen LogP contribution is 2.19. The van der Waals surface area contributed by atoms with E-state index >= 15 is 0 Å². The van der Waals surface area contributed by atoms with Crippen molar-refractivity contribution in [2.75, 3.05) is 26.3 Å². The molecule has 0 aliphatic heterocycles. The maximum absolute atomic E-state index is 14.1. The van der Waals surface area contributed by atoms with Crippen LogP contribution >= 0.6 is 0 Å². The van der Waals surface area contributed by atoms with Crippen LogP contribution in [0.15, 0.2) is 85.1 Å². The lowest BCUT2D eigenvalue weighted by atomic mass is 10.0. The number of benzene rings is 3. The highest BCUT2D eigenvalue weighted by Gasteiger charge is 2.33. The first-order chi connectivity index (χ1) is 30.1. The highest BCUT2D eigenvalue weighted by molar-refractivity contribution is 5.98. The molecule has 0 aliphatic rings. The van der Waals surface area contributed by atoms with Gasteiger partial charge in [-0.3, -0.25) is 38.4 Å². The zero-order valence-electron chi connectivity index (χ0n) is 34.3. The fourth-order valence-corrected chi connectivity index (χ4v) is 6.30. The summed E-state index contributed by atoms with van der Waals surface area (Å²) in [4.78, 5) is 108. The van der Waals surface area contributed by atoms with Crippen molar-refractivity contribution in [1.82, 2.24) is 42.2 Å². The molecule has 1 aromatic heterocycles. The number of phenolic OH excluding ortho intramolecular Hbond substituents is 1. The van der Waals surface area contributed by atoms with Crippen LogP contribution in [0.2, 0.25) is 0 Å². The number of H-pyrrole nitrogens is 1. The topological polar surface area (TPSA) is 349 Å². The number of aliphatic hydroxyl groups is 2. The quantitative estimate of drug-likeness (QED) is 0.0344. The summed E-state index contributed by atoms with van der Waals surface area (Å²) in [6.45, 7) is -1.47. The summed E-state index contributed by atoms with van der Waals surface area (Å²) in [6.07, 6.45) is 1.19. The van der Waals surface area contributed by atoms with Gasteiger partial charge < -0.3 is 69.0 Å². The van der Waals surface area contributed by atoms with Gasteiger partial charge in [0.2, 0.25) is 47.3 Å². The molecular formula is C42H52N10O11. The third kappa shape index (κ3) is 14.7. The summed E-state index contributed by atoms with van der Waals surface area (Å²) in [5, 5.41) is 48.0. The Morgan fingerprint density at radius 1 is 0.587 bits per heavy atom. The third-order valence-corrected chi connectivity index (χ3v) is 9.68. The Balaban J connectivity index is 1.57. The number of para-hydroxylation sites is 1. The molecule has 3 aromatic carbocycles. The molecule has 63 heavy (non-hydrogen) atoms. The van der Waals surface area contributed by atoms with Gasteiger partial charge in [0.1, 0.15) is 42.0 Å². The number of phenols is 1. The number of amides is 8. The lowest BCUT2D eigenvalue weighted by Gasteiger charge is -2.27. The van der Waals surface area contributed by atoms with Crippen molar-refractivity contribution in [3.63, 3.8) is 0 Å². The number of primary amides is 1. The Labute approximate surface area is 361 Å². The largest absolute Gasteiger partial charge is 0.508 e. The number of rotatable bonds is 23. The van der Waals surface area contributed by atoms with Crippen LogP contribution in [-0.2, 0) is 57.6 Å². The van der Waals surface area contributed by atoms with Gasteiger partial charge >= 0.3 is 0 Å². The van der Waals surface area contributed by atoms with Crippen LogP contribution in [0.25, 0.3) is 10.9 Å². The van der Waals surface area contributed by atoms with E-state index in [9.17, 15) is 53.7 Å². The first kappa shape index (κ1) is 48.3. The predicted octanol–water partition coefficient (Wildman–Crippen LogP) is -3.63. The van der Waals surface area contributed by atoms with Gasteiger partial charge in [-0.1, -0.05) is 60.7 Å². The minimum atomic E-state index is -1.68. The van der Waals surface area contributed by atoms with Crippen molar-refractivity contribution in [2.45, 2.75) is 62.4 Å². The second kappa shape index (κ2) is 23.6. The van der Waals surface area contributed by atoms with Crippen molar-refractivity contribution in [3.05, 3.63) is 102 Å². The van der Waals surface area contributed by atoms with Gasteiger partial charge in [-0.25, -0.2) is 0 Å². The number of fused-ring (bicyclic) bond motifs is 1. The molecule has 4 rings (SSSR count). The summed E-state index contributed by atoms with van der Waals surface area (Å²) >= 11 is 0. The molecule has 4 aromatic rings. The van der Waals surface area contributed by atoms with Crippen LogP contribution in [0.5, 0.6) is 5.75 Å². The lowest BCUT2D eigenvalue weighted by molar-refractivity contribution is -0.136. The molecule has 0 saturated heterocycles.